The topological polar surface area (TPSA) is 16.4 Å². The van der Waals surface area contributed by atoms with E-state index in [9.17, 15) is 0 Å². The number of hydrogen-bond acceptors (Lipinski definition) is 2. The van der Waals surface area contributed by atoms with Crippen LogP contribution in [-0.2, 0) is 5.41 Å². The van der Waals surface area contributed by atoms with Crippen molar-refractivity contribution in [2.45, 2.75) is 19.3 Å². The van der Waals surface area contributed by atoms with Gasteiger partial charge < -0.3 is 9.32 Å². The lowest BCUT2D eigenvalue weighted by molar-refractivity contribution is 0.660. The normalized spacial score (nSPS) is 12.7. The van der Waals surface area contributed by atoms with Crippen molar-refractivity contribution < 1.29 is 4.42 Å². The Balaban J connectivity index is 0.956. The van der Waals surface area contributed by atoms with Gasteiger partial charge in [-0.1, -0.05) is 184 Å². The smallest absolute Gasteiger partial charge is 0.143 e. The molecular weight excluding hydrogens is 763 g/mol. The summed E-state index contributed by atoms with van der Waals surface area (Å²) in [6.07, 6.45) is 0. The van der Waals surface area contributed by atoms with Crippen molar-refractivity contribution in [3.63, 3.8) is 0 Å². The van der Waals surface area contributed by atoms with Crippen LogP contribution >= 0.6 is 0 Å². The number of nitrogens with zero attached hydrogens (tertiary/aromatic N) is 1. The first kappa shape index (κ1) is 36.9. The first-order chi connectivity index (χ1) is 31.0. The number of hydrogen-bond donors (Lipinski definition) is 0. The SMILES string of the molecule is CC1(C)c2cc(-c3ccc4ccccc4c3)ccc2-c2ccc(N(c3ccc(-c4ccc(-c5ccccc5)cc4)cc3)c3cccc(-c4cccc5c4oc4ccccc45)c3)cc21. The van der Waals surface area contributed by atoms with Crippen molar-refractivity contribution >= 4 is 49.8 Å². The molecule has 10 aromatic carbocycles. The van der Waals surface area contributed by atoms with Gasteiger partial charge in [-0.05, 0) is 127 Å². The lowest BCUT2D eigenvalue weighted by atomic mass is 9.81. The highest BCUT2D eigenvalue weighted by Gasteiger charge is 2.36. The highest BCUT2D eigenvalue weighted by atomic mass is 16.3. The summed E-state index contributed by atoms with van der Waals surface area (Å²) >= 11 is 0. The fourth-order valence-electron chi connectivity index (χ4n) is 9.94. The summed E-state index contributed by atoms with van der Waals surface area (Å²) in [5.74, 6) is 0. The van der Waals surface area contributed by atoms with E-state index >= 15 is 0 Å². The van der Waals surface area contributed by atoms with Gasteiger partial charge in [0, 0.05) is 38.8 Å². The number of rotatable bonds is 7. The molecular formula is C61H43NO. The maximum Gasteiger partial charge on any atom is 0.143 e. The minimum absolute atomic E-state index is 0.215. The summed E-state index contributed by atoms with van der Waals surface area (Å²) in [6, 6.07) is 81.6. The van der Waals surface area contributed by atoms with Gasteiger partial charge in [-0.25, -0.2) is 0 Å². The molecule has 0 fully saturated rings. The van der Waals surface area contributed by atoms with Gasteiger partial charge >= 0.3 is 0 Å². The van der Waals surface area contributed by atoms with E-state index in [1.54, 1.807) is 0 Å². The Hall–Kier alpha value is -7.94. The standard InChI is InChI=1S/C61H43NO/c1-61(2)57-38-47(46-27-26-41-14-6-7-15-45(41)36-46)30-34-53(57)54-35-33-51(39-58(54)61)62(49-31-28-44(29-32-49)43-24-22-42(23-25-43)40-12-4-3-5-13-40)50-17-10-16-48(37-50)52-19-11-20-56-55-18-8-9-21-59(55)63-60(52)56/h3-39H,1-2H3. The molecule has 0 amide bonds. The van der Waals surface area contributed by atoms with Crippen LogP contribution in [0.1, 0.15) is 25.0 Å². The van der Waals surface area contributed by atoms with E-state index in [0.29, 0.717) is 0 Å². The zero-order valence-electron chi connectivity index (χ0n) is 35.2. The summed E-state index contributed by atoms with van der Waals surface area (Å²) in [5.41, 5.74) is 19.6. The van der Waals surface area contributed by atoms with Crippen LogP contribution in [0.5, 0.6) is 0 Å². The Kier molecular flexibility index (Phi) is 8.55. The first-order valence-corrected chi connectivity index (χ1v) is 21.8. The summed E-state index contributed by atoms with van der Waals surface area (Å²) < 4.78 is 6.54. The molecule has 0 radical (unpaired) electrons. The van der Waals surface area contributed by atoms with Gasteiger partial charge in [0.25, 0.3) is 0 Å². The van der Waals surface area contributed by atoms with Crippen LogP contribution in [0.2, 0.25) is 0 Å². The molecule has 2 nitrogen and oxygen atoms in total. The molecule has 0 bridgehead atoms. The number of furan rings is 1. The maximum absolute atomic E-state index is 6.54. The molecule has 63 heavy (non-hydrogen) atoms. The largest absolute Gasteiger partial charge is 0.455 e. The quantitative estimate of drug-likeness (QED) is 0.160. The lowest BCUT2D eigenvalue weighted by Crippen LogP contribution is -2.16. The predicted molar refractivity (Wildman–Crippen MR) is 265 cm³/mol. The Labute approximate surface area is 368 Å². The van der Waals surface area contributed by atoms with Crippen LogP contribution < -0.4 is 4.90 Å². The van der Waals surface area contributed by atoms with E-state index in [1.807, 2.05) is 6.07 Å². The van der Waals surface area contributed by atoms with Gasteiger partial charge in [0.1, 0.15) is 11.2 Å². The second-order valence-electron chi connectivity index (χ2n) is 17.3. The van der Waals surface area contributed by atoms with Crippen molar-refractivity contribution in [3.8, 4) is 55.6 Å². The molecule has 298 valence electrons. The number of para-hydroxylation sites is 2. The molecule has 12 rings (SSSR count). The minimum Gasteiger partial charge on any atom is -0.455 e. The number of benzene rings is 10. The fourth-order valence-corrected chi connectivity index (χ4v) is 9.94. The van der Waals surface area contributed by atoms with E-state index in [4.69, 9.17) is 4.42 Å². The first-order valence-electron chi connectivity index (χ1n) is 21.8. The third kappa shape index (κ3) is 6.25. The van der Waals surface area contributed by atoms with Gasteiger partial charge in [0.2, 0.25) is 0 Å². The van der Waals surface area contributed by atoms with E-state index in [1.165, 1.54) is 66.4 Å². The molecule has 0 saturated heterocycles. The van der Waals surface area contributed by atoms with Crippen molar-refractivity contribution in [2.24, 2.45) is 0 Å². The molecule has 1 aliphatic carbocycles. The van der Waals surface area contributed by atoms with Gasteiger partial charge in [-0.3, -0.25) is 0 Å². The van der Waals surface area contributed by atoms with Crippen LogP contribution in [0.25, 0.3) is 88.3 Å². The van der Waals surface area contributed by atoms with E-state index in [2.05, 4.69) is 237 Å². The van der Waals surface area contributed by atoms with Crippen LogP contribution in [-0.4, -0.2) is 0 Å². The Morgan fingerprint density at radius 2 is 0.873 bits per heavy atom. The molecule has 0 unspecified atom stereocenters. The molecule has 0 saturated carbocycles. The zero-order valence-corrected chi connectivity index (χ0v) is 35.2. The average Bonchev–Trinajstić information content (AvgIpc) is 3.83. The lowest BCUT2D eigenvalue weighted by Gasteiger charge is -2.28. The average molecular weight is 806 g/mol. The third-order valence-corrected chi connectivity index (χ3v) is 13.3. The molecule has 0 spiro atoms. The predicted octanol–water partition coefficient (Wildman–Crippen LogP) is 17.2. The highest BCUT2D eigenvalue weighted by Crippen LogP contribution is 2.52. The summed E-state index contributed by atoms with van der Waals surface area (Å²) in [5, 5.41) is 4.78. The van der Waals surface area contributed by atoms with Crippen molar-refractivity contribution in [1.82, 2.24) is 0 Å². The summed E-state index contributed by atoms with van der Waals surface area (Å²) in [7, 11) is 0. The molecule has 2 heteroatoms. The zero-order chi connectivity index (χ0) is 42.1. The molecule has 11 aromatic rings. The summed E-state index contributed by atoms with van der Waals surface area (Å²) in [6.45, 7) is 4.75. The highest BCUT2D eigenvalue weighted by molar-refractivity contribution is 6.09. The van der Waals surface area contributed by atoms with Crippen LogP contribution in [0.3, 0.4) is 0 Å². The fraction of sp³-hybridized carbons (Fsp3) is 0.0492. The maximum atomic E-state index is 6.54. The van der Waals surface area contributed by atoms with Gasteiger partial charge in [0.05, 0.1) is 0 Å². The third-order valence-electron chi connectivity index (χ3n) is 13.3. The monoisotopic (exact) mass is 805 g/mol. The number of anilines is 3. The van der Waals surface area contributed by atoms with E-state index < -0.39 is 0 Å². The van der Waals surface area contributed by atoms with E-state index in [-0.39, 0.29) is 5.41 Å². The Bertz CT molecular complexity index is 3520. The van der Waals surface area contributed by atoms with Crippen molar-refractivity contribution in [1.29, 1.82) is 0 Å². The van der Waals surface area contributed by atoms with Gasteiger partial charge in [0.15, 0.2) is 0 Å². The molecule has 1 aromatic heterocycles. The molecule has 0 aliphatic heterocycles. The van der Waals surface area contributed by atoms with Crippen molar-refractivity contribution in [3.05, 3.63) is 236 Å². The second kappa shape index (κ2) is 14.6. The Morgan fingerprint density at radius 3 is 1.67 bits per heavy atom. The minimum atomic E-state index is -0.215. The molecule has 0 N–H and O–H groups in total. The summed E-state index contributed by atoms with van der Waals surface area (Å²) in [4.78, 5) is 2.41. The molecule has 0 atom stereocenters. The second-order valence-corrected chi connectivity index (χ2v) is 17.3. The Morgan fingerprint density at radius 1 is 0.333 bits per heavy atom. The van der Waals surface area contributed by atoms with Crippen LogP contribution in [0.4, 0.5) is 17.1 Å². The van der Waals surface area contributed by atoms with E-state index in [0.717, 1.165) is 50.1 Å². The van der Waals surface area contributed by atoms with Gasteiger partial charge in [-0.2, -0.15) is 0 Å². The van der Waals surface area contributed by atoms with Gasteiger partial charge in [-0.15, -0.1) is 0 Å². The molecule has 1 heterocycles. The van der Waals surface area contributed by atoms with Crippen LogP contribution in [0.15, 0.2) is 229 Å². The number of fused-ring (bicyclic) bond motifs is 7. The van der Waals surface area contributed by atoms with Crippen molar-refractivity contribution in [2.75, 3.05) is 4.90 Å². The van der Waals surface area contributed by atoms with Crippen LogP contribution in [0, 0.1) is 0 Å². The molecule has 1 aliphatic rings.